The van der Waals surface area contributed by atoms with Gasteiger partial charge in [0, 0.05) is 44.5 Å². The van der Waals surface area contributed by atoms with Crippen molar-refractivity contribution < 1.29 is 0 Å². The van der Waals surface area contributed by atoms with Crippen LogP contribution in [0.3, 0.4) is 0 Å². The number of fused-ring (bicyclic) bond motifs is 1. The molecule has 0 spiro atoms. The van der Waals surface area contributed by atoms with Crippen LogP contribution in [0, 0.1) is 0 Å². The largest absolute Gasteiger partial charge is 0.316 e. The van der Waals surface area contributed by atoms with Crippen LogP contribution in [-0.4, -0.2) is 44.3 Å². The van der Waals surface area contributed by atoms with Crippen molar-refractivity contribution in [3.8, 4) is 0 Å². The highest BCUT2D eigenvalue weighted by molar-refractivity contribution is 5.10. The van der Waals surface area contributed by atoms with E-state index in [2.05, 4.69) is 36.0 Å². The van der Waals surface area contributed by atoms with Crippen LogP contribution in [0.15, 0.2) is 24.5 Å². The SMILES string of the molecule is c1cncc(CN2CCn3c(nnc3C3CCCNC3)C2)c1. The molecule has 4 rings (SSSR count). The summed E-state index contributed by atoms with van der Waals surface area (Å²) in [6.45, 7) is 6.03. The van der Waals surface area contributed by atoms with Gasteiger partial charge >= 0.3 is 0 Å². The van der Waals surface area contributed by atoms with Gasteiger partial charge in [0.2, 0.25) is 0 Å². The maximum atomic E-state index is 4.50. The third-order valence-electron chi connectivity index (χ3n) is 4.65. The molecule has 2 aromatic heterocycles. The molecule has 0 aromatic carbocycles. The van der Waals surface area contributed by atoms with Crippen molar-refractivity contribution in [3.63, 3.8) is 0 Å². The van der Waals surface area contributed by atoms with E-state index in [0.717, 1.165) is 45.1 Å². The van der Waals surface area contributed by atoms with Crippen molar-refractivity contribution in [3.05, 3.63) is 41.7 Å². The number of pyridine rings is 1. The van der Waals surface area contributed by atoms with Crippen molar-refractivity contribution in [1.82, 2.24) is 30.0 Å². The number of nitrogens with zero attached hydrogens (tertiary/aromatic N) is 5. The summed E-state index contributed by atoms with van der Waals surface area (Å²) in [7, 11) is 0. The predicted octanol–water partition coefficient (Wildman–Crippen LogP) is 1.16. The maximum absolute atomic E-state index is 4.50. The molecule has 0 amide bonds. The van der Waals surface area contributed by atoms with Gasteiger partial charge in [-0.05, 0) is 31.0 Å². The van der Waals surface area contributed by atoms with E-state index in [0.29, 0.717) is 5.92 Å². The Labute approximate surface area is 130 Å². The molecule has 2 aliphatic heterocycles. The minimum atomic E-state index is 0.528. The first-order chi connectivity index (χ1) is 10.9. The molecule has 1 fully saturated rings. The molecule has 6 nitrogen and oxygen atoms in total. The number of piperidine rings is 1. The fourth-order valence-electron chi connectivity index (χ4n) is 3.49. The van der Waals surface area contributed by atoms with Crippen molar-refractivity contribution in [2.24, 2.45) is 0 Å². The molecule has 22 heavy (non-hydrogen) atoms. The van der Waals surface area contributed by atoms with Gasteiger partial charge < -0.3 is 9.88 Å². The molecule has 0 bridgehead atoms. The van der Waals surface area contributed by atoms with Gasteiger partial charge in [-0.25, -0.2) is 0 Å². The molecule has 2 aromatic rings. The lowest BCUT2D eigenvalue weighted by atomic mass is 9.99. The number of nitrogens with one attached hydrogen (secondary N) is 1. The maximum Gasteiger partial charge on any atom is 0.147 e. The van der Waals surface area contributed by atoms with E-state index < -0.39 is 0 Å². The van der Waals surface area contributed by atoms with Crippen LogP contribution in [0.4, 0.5) is 0 Å². The zero-order valence-corrected chi connectivity index (χ0v) is 12.8. The predicted molar refractivity (Wildman–Crippen MR) is 83.2 cm³/mol. The Morgan fingerprint density at radius 1 is 1.27 bits per heavy atom. The van der Waals surface area contributed by atoms with Gasteiger partial charge in [0.1, 0.15) is 11.6 Å². The number of aromatic nitrogens is 4. The van der Waals surface area contributed by atoms with E-state index in [4.69, 9.17) is 0 Å². The number of hydrogen-bond donors (Lipinski definition) is 1. The molecule has 1 N–H and O–H groups in total. The average Bonchev–Trinajstić information content (AvgIpc) is 3.00. The van der Waals surface area contributed by atoms with Crippen molar-refractivity contribution in [1.29, 1.82) is 0 Å². The van der Waals surface area contributed by atoms with E-state index in [1.807, 2.05) is 18.5 Å². The molecule has 0 aliphatic carbocycles. The first kappa shape index (κ1) is 13.8. The molecule has 0 radical (unpaired) electrons. The van der Waals surface area contributed by atoms with Crippen LogP contribution in [-0.2, 0) is 19.6 Å². The van der Waals surface area contributed by atoms with Gasteiger partial charge in [0.05, 0.1) is 6.54 Å². The minimum absolute atomic E-state index is 0.528. The highest BCUT2D eigenvalue weighted by atomic mass is 15.3. The van der Waals surface area contributed by atoms with E-state index >= 15 is 0 Å². The van der Waals surface area contributed by atoms with Crippen LogP contribution in [0.5, 0.6) is 0 Å². The van der Waals surface area contributed by atoms with Gasteiger partial charge in [-0.15, -0.1) is 10.2 Å². The summed E-state index contributed by atoms with van der Waals surface area (Å²) in [6, 6.07) is 4.13. The van der Waals surface area contributed by atoms with Crippen LogP contribution in [0.2, 0.25) is 0 Å². The van der Waals surface area contributed by atoms with Crippen LogP contribution < -0.4 is 5.32 Å². The Morgan fingerprint density at radius 2 is 2.27 bits per heavy atom. The first-order valence-corrected chi connectivity index (χ1v) is 8.14. The van der Waals surface area contributed by atoms with E-state index in [-0.39, 0.29) is 0 Å². The lowest BCUT2D eigenvalue weighted by Gasteiger charge is -2.29. The normalized spacial score (nSPS) is 22.5. The fraction of sp³-hybridized carbons (Fsp3) is 0.562. The second kappa shape index (κ2) is 6.14. The quantitative estimate of drug-likeness (QED) is 0.921. The summed E-state index contributed by atoms with van der Waals surface area (Å²) in [4.78, 5) is 6.61. The van der Waals surface area contributed by atoms with Crippen molar-refractivity contribution >= 4 is 0 Å². The number of hydrogen-bond acceptors (Lipinski definition) is 5. The standard InChI is InChI=1S/C16H22N6/c1-3-13(9-17-5-1)11-21-7-8-22-15(12-21)19-20-16(22)14-4-2-6-18-10-14/h1,3,5,9,14,18H,2,4,6-8,10-12H2. The van der Waals surface area contributed by atoms with Crippen LogP contribution in [0.25, 0.3) is 0 Å². The van der Waals surface area contributed by atoms with Gasteiger partial charge in [0.25, 0.3) is 0 Å². The van der Waals surface area contributed by atoms with Crippen molar-refractivity contribution in [2.45, 2.75) is 38.4 Å². The molecule has 4 heterocycles. The molecule has 2 aliphatic rings. The smallest absolute Gasteiger partial charge is 0.147 e. The fourth-order valence-corrected chi connectivity index (χ4v) is 3.49. The summed E-state index contributed by atoms with van der Waals surface area (Å²) in [6.07, 6.45) is 6.23. The van der Waals surface area contributed by atoms with E-state index in [9.17, 15) is 0 Å². The molecule has 0 saturated carbocycles. The summed E-state index contributed by atoms with van der Waals surface area (Å²) < 4.78 is 2.34. The molecule has 1 saturated heterocycles. The first-order valence-electron chi connectivity index (χ1n) is 8.14. The average molecular weight is 298 g/mol. The third kappa shape index (κ3) is 2.76. The Hall–Kier alpha value is -1.79. The molecule has 116 valence electrons. The van der Waals surface area contributed by atoms with Crippen LogP contribution in [0.1, 0.15) is 36.0 Å². The molecular formula is C16H22N6. The van der Waals surface area contributed by atoms with E-state index in [1.54, 1.807) is 0 Å². The monoisotopic (exact) mass is 298 g/mol. The Kier molecular flexibility index (Phi) is 3.86. The van der Waals surface area contributed by atoms with Crippen molar-refractivity contribution in [2.75, 3.05) is 19.6 Å². The highest BCUT2D eigenvalue weighted by Gasteiger charge is 2.26. The highest BCUT2D eigenvalue weighted by Crippen LogP contribution is 2.24. The zero-order chi connectivity index (χ0) is 14.8. The third-order valence-corrected chi connectivity index (χ3v) is 4.65. The topological polar surface area (TPSA) is 58.9 Å². The second-order valence-electron chi connectivity index (χ2n) is 6.24. The summed E-state index contributed by atoms with van der Waals surface area (Å²) in [5.41, 5.74) is 1.26. The zero-order valence-electron chi connectivity index (χ0n) is 12.8. The molecule has 6 heteroatoms. The summed E-state index contributed by atoms with van der Waals surface area (Å²) in [5.74, 6) is 2.82. The summed E-state index contributed by atoms with van der Waals surface area (Å²) >= 11 is 0. The van der Waals surface area contributed by atoms with Crippen LogP contribution >= 0.6 is 0 Å². The summed E-state index contributed by atoms with van der Waals surface area (Å²) in [5, 5.41) is 12.4. The number of rotatable bonds is 3. The van der Waals surface area contributed by atoms with Gasteiger partial charge in [-0.3, -0.25) is 9.88 Å². The van der Waals surface area contributed by atoms with Gasteiger partial charge in [0.15, 0.2) is 0 Å². The molecular weight excluding hydrogens is 276 g/mol. The van der Waals surface area contributed by atoms with E-state index in [1.165, 1.54) is 24.2 Å². The lowest BCUT2D eigenvalue weighted by Crippen LogP contribution is -2.35. The molecule has 1 atom stereocenters. The van der Waals surface area contributed by atoms with Gasteiger partial charge in [-0.2, -0.15) is 0 Å². The Morgan fingerprint density at radius 3 is 3.09 bits per heavy atom. The minimum Gasteiger partial charge on any atom is -0.316 e. The Balaban J connectivity index is 1.47. The lowest BCUT2D eigenvalue weighted by molar-refractivity contribution is 0.205. The Bertz CT molecular complexity index is 617. The second-order valence-corrected chi connectivity index (χ2v) is 6.24. The molecule has 1 unspecified atom stereocenters. The van der Waals surface area contributed by atoms with Gasteiger partial charge in [-0.1, -0.05) is 6.07 Å².